The van der Waals surface area contributed by atoms with Crippen molar-refractivity contribution in [1.82, 2.24) is 5.43 Å². The third-order valence-electron chi connectivity index (χ3n) is 2.10. The highest BCUT2D eigenvalue weighted by molar-refractivity contribution is 5.82. The molecule has 0 atom stereocenters. The summed E-state index contributed by atoms with van der Waals surface area (Å²) in [6, 6.07) is 7.94. The first-order chi connectivity index (χ1) is 7.87. The van der Waals surface area contributed by atoms with Crippen LogP contribution in [0.2, 0.25) is 0 Å². The molecule has 0 unspecified atom stereocenters. The smallest absolute Gasteiger partial charge is 0.295 e. The lowest BCUT2D eigenvalue weighted by Gasteiger charge is -2.21. The minimum Gasteiger partial charge on any atom is -0.323 e. The number of likely N-dealkylation sites (N-methyl/N-ethyl adjacent to an activating group) is 1. The van der Waals surface area contributed by atoms with Crippen molar-refractivity contribution < 1.29 is 9.28 Å². The number of quaternary nitrogens is 1. The van der Waals surface area contributed by atoms with Crippen LogP contribution >= 0.6 is 0 Å². The van der Waals surface area contributed by atoms with Crippen LogP contribution in [0.4, 0.5) is 0 Å². The van der Waals surface area contributed by atoms with E-state index in [1.54, 1.807) is 6.21 Å². The van der Waals surface area contributed by atoms with Gasteiger partial charge in [-0.25, -0.2) is 5.43 Å². The van der Waals surface area contributed by atoms with Gasteiger partial charge in [-0.15, -0.1) is 0 Å². The molecule has 0 aliphatic rings. The third kappa shape index (κ3) is 5.82. The topological polar surface area (TPSA) is 41.5 Å². The summed E-state index contributed by atoms with van der Waals surface area (Å²) < 4.78 is 0.589. The summed E-state index contributed by atoms with van der Waals surface area (Å²) in [6.07, 6.45) is 1.65. The number of carbonyl (C=O) groups is 1. The third-order valence-corrected chi connectivity index (χ3v) is 2.10. The van der Waals surface area contributed by atoms with Gasteiger partial charge in [-0.2, -0.15) is 5.10 Å². The van der Waals surface area contributed by atoms with Crippen molar-refractivity contribution in [2.75, 3.05) is 27.7 Å². The zero-order valence-corrected chi connectivity index (χ0v) is 10.9. The van der Waals surface area contributed by atoms with E-state index in [0.29, 0.717) is 11.0 Å². The molecule has 0 aliphatic carbocycles. The zero-order valence-electron chi connectivity index (χ0n) is 10.9. The lowest BCUT2D eigenvalue weighted by Crippen LogP contribution is -2.43. The van der Waals surface area contributed by atoms with E-state index in [1.165, 1.54) is 5.56 Å². The molecule has 0 heterocycles. The van der Waals surface area contributed by atoms with Gasteiger partial charge in [0.05, 0.1) is 27.4 Å². The molecular weight excluding hydrogens is 214 g/mol. The average Bonchev–Trinajstić information content (AvgIpc) is 2.18. The lowest BCUT2D eigenvalue weighted by molar-refractivity contribution is -0.862. The Hall–Kier alpha value is -1.68. The van der Waals surface area contributed by atoms with Gasteiger partial charge in [0.2, 0.25) is 0 Å². The van der Waals surface area contributed by atoms with Gasteiger partial charge < -0.3 is 4.48 Å². The van der Waals surface area contributed by atoms with Crippen molar-refractivity contribution in [3.05, 3.63) is 35.4 Å². The first kappa shape index (κ1) is 13.4. The summed E-state index contributed by atoms with van der Waals surface area (Å²) in [6.45, 7) is 2.44. The molecule has 0 radical (unpaired) electrons. The first-order valence-electron chi connectivity index (χ1n) is 5.56. The molecule has 1 amide bonds. The van der Waals surface area contributed by atoms with E-state index in [-0.39, 0.29) is 5.91 Å². The molecule has 1 aromatic rings. The molecule has 1 aromatic carbocycles. The van der Waals surface area contributed by atoms with Gasteiger partial charge >= 0.3 is 0 Å². The highest BCUT2D eigenvalue weighted by Gasteiger charge is 2.12. The van der Waals surface area contributed by atoms with Crippen molar-refractivity contribution in [1.29, 1.82) is 0 Å². The zero-order chi connectivity index (χ0) is 12.9. The molecule has 1 N–H and O–H groups in total. The van der Waals surface area contributed by atoms with Gasteiger partial charge in [-0.05, 0) is 12.5 Å². The van der Waals surface area contributed by atoms with E-state index in [9.17, 15) is 4.79 Å². The second-order valence-electron chi connectivity index (χ2n) is 5.15. The quantitative estimate of drug-likeness (QED) is 0.474. The maximum absolute atomic E-state index is 11.5. The highest BCUT2D eigenvalue weighted by Crippen LogP contribution is 1.99. The number of carbonyl (C=O) groups excluding carboxylic acids is 1. The van der Waals surface area contributed by atoms with Gasteiger partial charge in [-0.1, -0.05) is 29.8 Å². The summed E-state index contributed by atoms with van der Waals surface area (Å²) in [5, 5.41) is 3.92. The van der Waals surface area contributed by atoms with Crippen LogP contribution in [-0.2, 0) is 4.79 Å². The standard InChI is InChI=1S/C13H19N3O/c1-11-5-7-12(8-6-11)9-14-15-13(17)10-16(2,3)4/h5-9H,10H2,1-4H3/p+1/b14-9-. The largest absolute Gasteiger partial charge is 0.323 e. The summed E-state index contributed by atoms with van der Waals surface area (Å²) >= 11 is 0. The molecule has 17 heavy (non-hydrogen) atoms. The Morgan fingerprint density at radius 2 is 1.88 bits per heavy atom. The van der Waals surface area contributed by atoms with Crippen molar-refractivity contribution in [3.8, 4) is 0 Å². The van der Waals surface area contributed by atoms with E-state index in [0.717, 1.165) is 5.56 Å². The highest BCUT2D eigenvalue weighted by atomic mass is 16.2. The Morgan fingerprint density at radius 3 is 2.41 bits per heavy atom. The number of benzene rings is 1. The van der Waals surface area contributed by atoms with Gasteiger partial charge in [0, 0.05) is 0 Å². The number of hydrogen-bond donors (Lipinski definition) is 1. The summed E-state index contributed by atoms with van der Waals surface area (Å²) in [4.78, 5) is 11.5. The van der Waals surface area contributed by atoms with Crippen LogP contribution in [0.15, 0.2) is 29.4 Å². The van der Waals surface area contributed by atoms with E-state index in [1.807, 2.05) is 52.3 Å². The predicted molar refractivity (Wildman–Crippen MR) is 69.8 cm³/mol. The maximum Gasteiger partial charge on any atom is 0.295 e. The Kier molecular flexibility index (Phi) is 4.40. The molecule has 0 aromatic heterocycles. The van der Waals surface area contributed by atoms with Crippen LogP contribution in [-0.4, -0.2) is 44.3 Å². The average molecular weight is 234 g/mol. The monoisotopic (exact) mass is 234 g/mol. The Bertz CT molecular complexity index is 402. The van der Waals surface area contributed by atoms with E-state index >= 15 is 0 Å². The second kappa shape index (κ2) is 5.59. The van der Waals surface area contributed by atoms with Crippen LogP contribution < -0.4 is 5.43 Å². The van der Waals surface area contributed by atoms with Gasteiger partial charge in [0.1, 0.15) is 0 Å². The number of nitrogens with one attached hydrogen (secondary N) is 1. The number of nitrogens with zero attached hydrogens (tertiary/aromatic N) is 2. The molecule has 92 valence electrons. The van der Waals surface area contributed by atoms with Crippen LogP contribution in [0.3, 0.4) is 0 Å². The predicted octanol–water partition coefficient (Wildman–Crippen LogP) is 1.15. The molecule has 0 fully saturated rings. The van der Waals surface area contributed by atoms with Crippen LogP contribution in [0, 0.1) is 6.92 Å². The Labute approximate surface area is 103 Å². The molecular formula is C13H20N3O+. The fourth-order valence-corrected chi connectivity index (χ4v) is 1.30. The Morgan fingerprint density at radius 1 is 1.29 bits per heavy atom. The number of rotatable bonds is 4. The molecule has 0 saturated carbocycles. The van der Waals surface area contributed by atoms with Gasteiger partial charge in [0.15, 0.2) is 6.54 Å². The lowest BCUT2D eigenvalue weighted by atomic mass is 10.2. The van der Waals surface area contributed by atoms with Crippen LogP contribution in [0.25, 0.3) is 0 Å². The minimum atomic E-state index is -0.0825. The normalized spacial score (nSPS) is 11.8. The Balaban J connectivity index is 2.45. The fraction of sp³-hybridized carbons (Fsp3) is 0.385. The number of amides is 1. The SMILES string of the molecule is Cc1ccc(/C=N\NC(=O)C[N+](C)(C)C)cc1. The van der Waals surface area contributed by atoms with Crippen molar-refractivity contribution in [2.45, 2.75) is 6.92 Å². The number of hydrogen-bond acceptors (Lipinski definition) is 2. The number of aryl methyl sites for hydroxylation is 1. The van der Waals surface area contributed by atoms with E-state index in [4.69, 9.17) is 0 Å². The molecule has 4 heteroatoms. The summed E-state index contributed by atoms with van der Waals surface area (Å²) in [5.74, 6) is -0.0825. The van der Waals surface area contributed by atoms with E-state index < -0.39 is 0 Å². The van der Waals surface area contributed by atoms with E-state index in [2.05, 4.69) is 10.5 Å². The van der Waals surface area contributed by atoms with Crippen molar-refractivity contribution >= 4 is 12.1 Å². The fourth-order valence-electron chi connectivity index (χ4n) is 1.30. The molecule has 0 saturated heterocycles. The molecule has 1 rings (SSSR count). The molecule has 0 bridgehead atoms. The molecule has 0 spiro atoms. The number of hydrazone groups is 1. The molecule has 0 aliphatic heterocycles. The second-order valence-corrected chi connectivity index (χ2v) is 5.15. The van der Waals surface area contributed by atoms with Gasteiger partial charge in [-0.3, -0.25) is 4.79 Å². The van der Waals surface area contributed by atoms with Crippen LogP contribution in [0.5, 0.6) is 0 Å². The summed E-state index contributed by atoms with van der Waals surface area (Å²) in [5.41, 5.74) is 4.70. The van der Waals surface area contributed by atoms with Crippen molar-refractivity contribution in [2.24, 2.45) is 5.10 Å². The minimum absolute atomic E-state index is 0.0825. The maximum atomic E-state index is 11.5. The molecule has 4 nitrogen and oxygen atoms in total. The van der Waals surface area contributed by atoms with Crippen LogP contribution in [0.1, 0.15) is 11.1 Å². The van der Waals surface area contributed by atoms with Crippen molar-refractivity contribution in [3.63, 3.8) is 0 Å². The summed E-state index contributed by atoms with van der Waals surface area (Å²) in [7, 11) is 5.88. The first-order valence-corrected chi connectivity index (χ1v) is 5.56. The van der Waals surface area contributed by atoms with Gasteiger partial charge in [0.25, 0.3) is 5.91 Å².